The molecule has 1 aliphatic heterocycles. The number of benzene rings is 1. The maximum absolute atomic E-state index is 13.1. The van der Waals surface area contributed by atoms with Crippen molar-refractivity contribution in [2.45, 2.75) is 38.8 Å². The first-order valence-electron chi connectivity index (χ1n) is 10.9. The van der Waals surface area contributed by atoms with Gasteiger partial charge in [-0.25, -0.2) is 0 Å². The van der Waals surface area contributed by atoms with Crippen molar-refractivity contribution in [3.63, 3.8) is 0 Å². The number of nitrogens with one attached hydrogen (secondary N) is 2. The van der Waals surface area contributed by atoms with Gasteiger partial charge in [0.15, 0.2) is 5.76 Å². The predicted molar refractivity (Wildman–Crippen MR) is 122 cm³/mol. The highest BCUT2D eigenvalue weighted by Crippen LogP contribution is 2.28. The Kier molecular flexibility index (Phi) is 6.66. The van der Waals surface area contributed by atoms with Crippen LogP contribution in [0.5, 0.6) is 5.75 Å². The van der Waals surface area contributed by atoms with Gasteiger partial charge in [0, 0.05) is 47.8 Å². The second-order valence-corrected chi connectivity index (χ2v) is 8.18. The zero-order chi connectivity index (χ0) is 22.5. The number of hydrogen-bond donors (Lipinski definition) is 3. The van der Waals surface area contributed by atoms with Crippen LogP contribution < -0.4 is 5.32 Å². The molecule has 32 heavy (non-hydrogen) atoms. The van der Waals surface area contributed by atoms with Gasteiger partial charge in [0.1, 0.15) is 11.5 Å². The zero-order valence-electron chi connectivity index (χ0n) is 18.2. The summed E-state index contributed by atoms with van der Waals surface area (Å²) < 4.78 is 5.78. The van der Waals surface area contributed by atoms with E-state index in [2.05, 4.69) is 15.2 Å². The number of phenolic OH excluding ortho intramolecular Hbond substituents is 1. The van der Waals surface area contributed by atoms with Gasteiger partial charge < -0.3 is 20.2 Å². The van der Waals surface area contributed by atoms with Crippen LogP contribution in [0.25, 0.3) is 0 Å². The Morgan fingerprint density at radius 2 is 2.03 bits per heavy atom. The van der Waals surface area contributed by atoms with E-state index in [1.54, 1.807) is 54.9 Å². The Morgan fingerprint density at radius 3 is 2.75 bits per heavy atom. The molecule has 1 aliphatic rings. The summed E-state index contributed by atoms with van der Waals surface area (Å²) in [4.78, 5) is 19.5. The number of phenols is 1. The van der Waals surface area contributed by atoms with Crippen LogP contribution in [-0.2, 0) is 6.54 Å². The number of hydrogen-bond acceptors (Lipinski definition) is 6. The van der Waals surface area contributed by atoms with Crippen LogP contribution in [0.3, 0.4) is 0 Å². The Balaban J connectivity index is 1.53. The first kappa shape index (κ1) is 21.8. The number of carbonyl (C=O) groups excluding carboxylic acids is 1. The lowest BCUT2D eigenvalue weighted by molar-refractivity contribution is 0.0908. The molecule has 1 atom stereocenters. The fourth-order valence-electron chi connectivity index (χ4n) is 4.08. The Labute approximate surface area is 187 Å². The van der Waals surface area contributed by atoms with Crippen molar-refractivity contribution in [2.75, 3.05) is 13.1 Å². The molecule has 1 amide bonds. The number of aromatic hydroxyl groups is 1. The van der Waals surface area contributed by atoms with Crippen LogP contribution in [0.15, 0.2) is 59.3 Å². The van der Waals surface area contributed by atoms with Gasteiger partial charge in [-0.1, -0.05) is 24.3 Å². The highest BCUT2D eigenvalue weighted by Gasteiger charge is 2.24. The third-order valence-corrected chi connectivity index (χ3v) is 5.87. The SMILES string of the molecule is Cc1oc(C(=O)NC(CC(=N)c2cccnc2)c2ccccc2O)cc1CN1CCCC1. The number of rotatable bonds is 8. The van der Waals surface area contributed by atoms with E-state index in [-0.39, 0.29) is 23.8 Å². The quantitative estimate of drug-likeness (QED) is 0.463. The second-order valence-electron chi connectivity index (χ2n) is 8.18. The van der Waals surface area contributed by atoms with Crippen molar-refractivity contribution in [3.8, 4) is 5.75 Å². The minimum atomic E-state index is -0.594. The number of pyridine rings is 1. The average molecular weight is 433 g/mol. The molecule has 0 bridgehead atoms. The lowest BCUT2D eigenvalue weighted by Crippen LogP contribution is -2.30. The van der Waals surface area contributed by atoms with Crippen molar-refractivity contribution < 1.29 is 14.3 Å². The smallest absolute Gasteiger partial charge is 0.287 e. The van der Waals surface area contributed by atoms with E-state index in [0.29, 0.717) is 16.8 Å². The first-order chi connectivity index (χ1) is 15.5. The molecule has 1 aromatic carbocycles. The van der Waals surface area contributed by atoms with Crippen LogP contribution in [0, 0.1) is 12.3 Å². The van der Waals surface area contributed by atoms with E-state index in [9.17, 15) is 9.90 Å². The minimum absolute atomic E-state index is 0.0714. The summed E-state index contributed by atoms with van der Waals surface area (Å²) in [7, 11) is 0. The van der Waals surface area contributed by atoms with Gasteiger partial charge in [-0.15, -0.1) is 0 Å². The molecule has 0 saturated carbocycles. The molecular weight excluding hydrogens is 404 g/mol. The standard InChI is InChI=1S/C25H28N4O3/c1-17-19(16-29-11-4-5-12-29)13-24(32-17)25(31)28-22(20-8-2-3-9-23(20)30)14-21(26)18-7-6-10-27-15-18/h2-3,6-10,13,15,22,26,30H,4-5,11-12,14,16H2,1H3,(H,28,31). The third kappa shape index (κ3) is 5.06. The number of nitrogens with zero attached hydrogens (tertiary/aromatic N) is 2. The molecule has 3 aromatic rings. The Bertz CT molecular complexity index is 1090. The molecule has 3 N–H and O–H groups in total. The number of furan rings is 1. The Hall–Kier alpha value is -3.45. The molecule has 0 aliphatic carbocycles. The van der Waals surface area contributed by atoms with E-state index in [4.69, 9.17) is 9.83 Å². The summed E-state index contributed by atoms with van der Waals surface area (Å²) in [6, 6.07) is 11.6. The summed E-state index contributed by atoms with van der Waals surface area (Å²) in [6.07, 6.45) is 5.88. The topological polar surface area (TPSA) is 102 Å². The van der Waals surface area contributed by atoms with Gasteiger partial charge in [-0.05, 0) is 51.1 Å². The normalized spacial score (nSPS) is 14.9. The molecule has 4 rings (SSSR count). The molecule has 1 fully saturated rings. The molecule has 166 valence electrons. The average Bonchev–Trinajstić information content (AvgIpc) is 3.44. The first-order valence-corrected chi connectivity index (χ1v) is 10.9. The van der Waals surface area contributed by atoms with E-state index in [1.165, 1.54) is 12.8 Å². The van der Waals surface area contributed by atoms with E-state index in [0.717, 1.165) is 31.0 Å². The van der Waals surface area contributed by atoms with Crippen molar-refractivity contribution in [1.82, 2.24) is 15.2 Å². The number of aromatic nitrogens is 1. The molecule has 0 spiro atoms. The maximum atomic E-state index is 13.1. The van der Waals surface area contributed by atoms with Gasteiger partial charge in [-0.3, -0.25) is 14.7 Å². The maximum Gasteiger partial charge on any atom is 0.287 e. The number of para-hydroxylation sites is 1. The van der Waals surface area contributed by atoms with Gasteiger partial charge in [-0.2, -0.15) is 0 Å². The molecular formula is C25H28N4O3. The van der Waals surface area contributed by atoms with Crippen LogP contribution >= 0.6 is 0 Å². The predicted octanol–water partition coefficient (Wildman–Crippen LogP) is 4.21. The molecule has 0 radical (unpaired) electrons. The molecule has 7 nitrogen and oxygen atoms in total. The number of amides is 1. The number of aryl methyl sites for hydroxylation is 1. The van der Waals surface area contributed by atoms with Crippen molar-refractivity contribution in [3.05, 3.63) is 83.1 Å². The fourth-order valence-corrected chi connectivity index (χ4v) is 4.08. The third-order valence-electron chi connectivity index (χ3n) is 5.87. The lowest BCUT2D eigenvalue weighted by atomic mass is 9.97. The van der Waals surface area contributed by atoms with Crippen molar-refractivity contribution in [2.24, 2.45) is 0 Å². The molecule has 1 saturated heterocycles. The van der Waals surface area contributed by atoms with Crippen LogP contribution in [-0.4, -0.2) is 39.7 Å². The molecule has 2 aromatic heterocycles. The van der Waals surface area contributed by atoms with Gasteiger partial charge in [0.25, 0.3) is 5.91 Å². The highest BCUT2D eigenvalue weighted by atomic mass is 16.3. The largest absolute Gasteiger partial charge is 0.508 e. The summed E-state index contributed by atoms with van der Waals surface area (Å²) in [5.74, 6) is 0.685. The van der Waals surface area contributed by atoms with Crippen LogP contribution in [0.4, 0.5) is 0 Å². The van der Waals surface area contributed by atoms with Crippen LogP contribution in [0.2, 0.25) is 0 Å². The van der Waals surface area contributed by atoms with Crippen LogP contribution in [0.1, 0.15) is 58.3 Å². The summed E-state index contributed by atoms with van der Waals surface area (Å²) in [5, 5.41) is 21.8. The molecule has 7 heteroatoms. The fraction of sp³-hybridized carbons (Fsp3) is 0.320. The van der Waals surface area contributed by atoms with Gasteiger partial charge in [0.2, 0.25) is 0 Å². The Morgan fingerprint density at radius 1 is 1.25 bits per heavy atom. The minimum Gasteiger partial charge on any atom is -0.508 e. The van der Waals surface area contributed by atoms with E-state index < -0.39 is 6.04 Å². The summed E-state index contributed by atoms with van der Waals surface area (Å²) in [5.41, 5.74) is 2.55. The monoisotopic (exact) mass is 432 g/mol. The van der Waals surface area contributed by atoms with Gasteiger partial charge >= 0.3 is 0 Å². The molecule has 3 heterocycles. The van der Waals surface area contributed by atoms with E-state index >= 15 is 0 Å². The number of likely N-dealkylation sites (tertiary alicyclic amines) is 1. The summed E-state index contributed by atoms with van der Waals surface area (Å²) in [6.45, 7) is 4.79. The number of carbonyl (C=O) groups is 1. The van der Waals surface area contributed by atoms with Crippen molar-refractivity contribution in [1.29, 1.82) is 5.41 Å². The van der Waals surface area contributed by atoms with E-state index in [1.807, 2.05) is 6.92 Å². The summed E-state index contributed by atoms with van der Waals surface area (Å²) >= 11 is 0. The highest BCUT2D eigenvalue weighted by molar-refractivity contribution is 5.99. The zero-order valence-corrected chi connectivity index (χ0v) is 18.2. The molecule has 1 unspecified atom stereocenters. The van der Waals surface area contributed by atoms with Crippen molar-refractivity contribution >= 4 is 11.6 Å². The second kappa shape index (κ2) is 9.78. The lowest BCUT2D eigenvalue weighted by Gasteiger charge is -2.20. The van der Waals surface area contributed by atoms with Gasteiger partial charge in [0.05, 0.1) is 6.04 Å².